The molecular formula is C8H15NO2. The molecule has 0 aromatic heterocycles. The summed E-state index contributed by atoms with van der Waals surface area (Å²) in [7, 11) is 0. The molecule has 0 radical (unpaired) electrons. The Morgan fingerprint density at radius 1 is 1.27 bits per heavy atom. The third-order valence-electron chi connectivity index (χ3n) is 1.72. The van der Waals surface area contributed by atoms with Crippen LogP contribution in [-0.2, 0) is 9.59 Å². The number of hydrogen-bond donors (Lipinski definition) is 1. The van der Waals surface area contributed by atoms with Crippen LogP contribution in [0.1, 0.15) is 27.2 Å². The Morgan fingerprint density at radius 3 is 2.00 bits per heavy atom. The molecule has 0 amide bonds. The van der Waals surface area contributed by atoms with Crippen LogP contribution in [0.4, 0.5) is 0 Å². The van der Waals surface area contributed by atoms with Gasteiger partial charge in [0.1, 0.15) is 0 Å². The van der Waals surface area contributed by atoms with Crippen molar-refractivity contribution in [3.05, 3.63) is 0 Å². The fourth-order valence-corrected chi connectivity index (χ4v) is 0.653. The van der Waals surface area contributed by atoms with E-state index in [1.54, 1.807) is 6.92 Å². The fourth-order valence-electron chi connectivity index (χ4n) is 0.653. The molecule has 2 unspecified atom stereocenters. The number of nitrogens with two attached hydrogens (primary N) is 1. The summed E-state index contributed by atoms with van der Waals surface area (Å²) < 4.78 is 0. The molecule has 11 heavy (non-hydrogen) atoms. The Bertz CT molecular complexity index is 163. The number of carbonyl (C=O) groups is 2. The zero-order chi connectivity index (χ0) is 9.02. The van der Waals surface area contributed by atoms with Gasteiger partial charge in [0, 0.05) is 5.92 Å². The molecule has 0 rings (SSSR count). The van der Waals surface area contributed by atoms with E-state index in [0.29, 0.717) is 6.42 Å². The van der Waals surface area contributed by atoms with Crippen LogP contribution in [0.15, 0.2) is 0 Å². The summed E-state index contributed by atoms with van der Waals surface area (Å²) in [5.74, 6) is -0.990. The third kappa shape index (κ3) is 2.80. The van der Waals surface area contributed by atoms with Crippen LogP contribution in [0.25, 0.3) is 0 Å². The summed E-state index contributed by atoms with van der Waals surface area (Å²) in [4.78, 5) is 22.1. The second-order valence-electron chi connectivity index (χ2n) is 2.83. The lowest BCUT2D eigenvalue weighted by Crippen LogP contribution is -2.35. The maximum Gasteiger partial charge on any atom is 0.214 e. The van der Waals surface area contributed by atoms with Gasteiger partial charge in [0.2, 0.25) is 11.6 Å². The van der Waals surface area contributed by atoms with Crippen LogP contribution >= 0.6 is 0 Å². The number of ketones is 2. The molecule has 0 aliphatic heterocycles. The van der Waals surface area contributed by atoms with Gasteiger partial charge in [-0.3, -0.25) is 9.59 Å². The predicted molar refractivity (Wildman–Crippen MR) is 43.1 cm³/mol. The molecule has 0 saturated carbocycles. The summed E-state index contributed by atoms with van der Waals surface area (Å²) in [5, 5.41) is 0. The molecule has 64 valence electrons. The molecule has 0 fully saturated rings. The maximum atomic E-state index is 11.1. The maximum absolute atomic E-state index is 11.1. The van der Waals surface area contributed by atoms with Gasteiger partial charge in [-0.15, -0.1) is 0 Å². The van der Waals surface area contributed by atoms with Crippen molar-refractivity contribution < 1.29 is 9.59 Å². The Morgan fingerprint density at radius 2 is 1.73 bits per heavy atom. The molecular weight excluding hydrogens is 142 g/mol. The van der Waals surface area contributed by atoms with E-state index in [2.05, 4.69) is 0 Å². The molecule has 2 atom stereocenters. The Hall–Kier alpha value is -0.700. The van der Waals surface area contributed by atoms with Crippen LogP contribution in [0, 0.1) is 5.92 Å². The highest BCUT2D eigenvalue weighted by atomic mass is 16.2. The second-order valence-corrected chi connectivity index (χ2v) is 2.83. The van der Waals surface area contributed by atoms with Crippen LogP contribution < -0.4 is 5.73 Å². The second kappa shape index (κ2) is 4.23. The molecule has 3 heteroatoms. The molecule has 0 saturated heterocycles. The van der Waals surface area contributed by atoms with Crippen LogP contribution in [0.3, 0.4) is 0 Å². The first-order valence-corrected chi connectivity index (χ1v) is 3.84. The summed E-state index contributed by atoms with van der Waals surface area (Å²) in [6.07, 6.45) is 0.692. The highest BCUT2D eigenvalue weighted by Gasteiger charge is 2.22. The molecule has 0 aromatic carbocycles. The van der Waals surface area contributed by atoms with Crippen LogP contribution in [0.2, 0.25) is 0 Å². The van der Waals surface area contributed by atoms with E-state index < -0.39 is 11.8 Å². The summed E-state index contributed by atoms with van der Waals surface area (Å²) in [5.41, 5.74) is 5.26. The lowest BCUT2D eigenvalue weighted by atomic mass is 9.97. The fraction of sp³-hybridized carbons (Fsp3) is 0.750. The van der Waals surface area contributed by atoms with Gasteiger partial charge in [0.25, 0.3) is 0 Å². The number of hydrogen-bond acceptors (Lipinski definition) is 3. The average molecular weight is 157 g/mol. The minimum Gasteiger partial charge on any atom is -0.321 e. The van der Waals surface area contributed by atoms with Crippen LogP contribution in [0.5, 0.6) is 0 Å². The van der Waals surface area contributed by atoms with Crippen molar-refractivity contribution in [2.75, 3.05) is 0 Å². The minimum atomic E-state index is -0.656. The lowest BCUT2D eigenvalue weighted by Gasteiger charge is -2.07. The van der Waals surface area contributed by atoms with Gasteiger partial charge in [-0.05, 0) is 13.3 Å². The molecule has 2 N–H and O–H groups in total. The van der Waals surface area contributed by atoms with Gasteiger partial charge < -0.3 is 5.73 Å². The highest BCUT2D eigenvalue weighted by molar-refractivity contribution is 6.39. The highest BCUT2D eigenvalue weighted by Crippen LogP contribution is 2.03. The van der Waals surface area contributed by atoms with Crippen LogP contribution in [-0.4, -0.2) is 17.6 Å². The predicted octanol–water partition coefficient (Wildman–Crippen LogP) is 0.518. The quantitative estimate of drug-likeness (QED) is 0.605. The van der Waals surface area contributed by atoms with Crippen molar-refractivity contribution in [1.29, 1.82) is 0 Å². The van der Waals surface area contributed by atoms with E-state index in [0.717, 1.165) is 0 Å². The van der Waals surface area contributed by atoms with Crippen molar-refractivity contribution in [2.24, 2.45) is 11.7 Å². The van der Waals surface area contributed by atoms with Gasteiger partial charge in [0.15, 0.2) is 0 Å². The Kier molecular flexibility index (Phi) is 3.97. The number of Topliss-reactive ketones (excluding diaryl/α,β-unsaturated/α-hetero) is 2. The van der Waals surface area contributed by atoms with Gasteiger partial charge in [-0.2, -0.15) is 0 Å². The zero-order valence-corrected chi connectivity index (χ0v) is 7.26. The first kappa shape index (κ1) is 10.3. The van der Waals surface area contributed by atoms with Crippen molar-refractivity contribution in [1.82, 2.24) is 0 Å². The average Bonchev–Trinajstić information content (AvgIpc) is 2.00. The zero-order valence-electron chi connectivity index (χ0n) is 7.26. The standard InChI is InChI=1S/C8H15NO2/c1-4-5(2)7(10)8(11)6(3)9/h5-6H,4,9H2,1-3H3. The van der Waals surface area contributed by atoms with E-state index in [1.165, 1.54) is 6.92 Å². The summed E-state index contributed by atoms with van der Waals surface area (Å²) >= 11 is 0. The van der Waals surface area contributed by atoms with Gasteiger partial charge in [0.05, 0.1) is 6.04 Å². The van der Waals surface area contributed by atoms with Gasteiger partial charge >= 0.3 is 0 Å². The summed E-state index contributed by atoms with van der Waals surface area (Å²) in [6.45, 7) is 5.14. The Balaban J connectivity index is 4.14. The molecule has 0 aromatic rings. The molecule has 0 heterocycles. The monoisotopic (exact) mass is 157 g/mol. The van der Waals surface area contributed by atoms with E-state index in [-0.39, 0.29) is 11.7 Å². The van der Waals surface area contributed by atoms with Gasteiger partial charge in [-0.1, -0.05) is 13.8 Å². The van der Waals surface area contributed by atoms with Crippen molar-refractivity contribution in [3.8, 4) is 0 Å². The normalized spacial score (nSPS) is 15.6. The Labute approximate surface area is 67.0 Å². The smallest absolute Gasteiger partial charge is 0.214 e. The van der Waals surface area contributed by atoms with E-state index in [4.69, 9.17) is 5.73 Å². The van der Waals surface area contributed by atoms with E-state index >= 15 is 0 Å². The van der Waals surface area contributed by atoms with E-state index in [1.807, 2.05) is 6.92 Å². The number of rotatable bonds is 4. The topological polar surface area (TPSA) is 60.2 Å². The molecule has 0 bridgehead atoms. The summed E-state index contributed by atoms with van der Waals surface area (Å²) in [6, 6.07) is -0.656. The SMILES string of the molecule is CCC(C)C(=O)C(=O)C(C)N. The first-order chi connectivity index (χ1) is 5.00. The first-order valence-electron chi connectivity index (χ1n) is 3.84. The molecule has 0 aliphatic rings. The molecule has 0 aliphatic carbocycles. The van der Waals surface area contributed by atoms with Crippen molar-refractivity contribution in [3.63, 3.8) is 0 Å². The number of carbonyl (C=O) groups excluding carboxylic acids is 2. The van der Waals surface area contributed by atoms with Crippen molar-refractivity contribution in [2.45, 2.75) is 33.2 Å². The van der Waals surface area contributed by atoms with Gasteiger partial charge in [-0.25, -0.2) is 0 Å². The third-order valence-corrected chi connectivity index (χ3v) is 1.72. The lowest BCUT2D eigenvalue weighted by molar-refractivity contribution is -0.139. The molecule has 0 spiro atoms. The van der Waals surface area contributed by atoms with E-state index in [9.17, 15) is 9.59 Å². The molecule has 3 nitrogen and oxygen atoms in total. The van der Waals surface area contributed by atoms with Crippen molar-refractivity contribution >= 4 is 11.6 Å². The minimum absolute atomic E-state index is 0.187. The largest absolute Gasteiger partial charge is 0.321 e.